The van der Waals surface area contributed by atoms with Gasteiger partial charge in [-0.05, 0) is 42.0 Å². The van der Waals surface area contributed by atoms with E-state index in [0.717, 1.165) is 56.2 Å². The number of aromatic nitrogens is 1. The number of hydrogen-bond donors (Lipinski definition) is 2. The lowest BCUT2D eigenvalue weighted by atomic mass is 10.1. The van der Waals surface area contributed by atoms with Gasteiger partial charge < -0.3 is 20.1 Å². The highest BCUT2D eigenvalue weighted by Gasteiger charge is 2.19. The van der Waals surface area contributed by atoms with E-state index in [4.69, 9.17) is 4.74 Å². The van der Waals surface area contributed by atoms with Crippen LogP contribution < -0.4 is 15.0 Å². The molecule has 3 aromatic rings. The van der Waals surface area contributed by atoms with Gasteiger partial charge in [0.2, 0.25) is 0 Å². The maximum Gasteiger partial charge on any atom is 0.258 e. The molecular formula is C24H24F2N4O3. The number of hydrogen-bond acceptors (Lipinski definition) is 6. The van der Waals surface area contributed by atoms with E-state index in [1.165, 1.54) is 13.3 Å². The molecule has 1 aliphatic rings. The number of halogens is 2. The molecule has 1 aliphatic heterocycles. The van der Waals surface area contributed by atoms with Crippen molar-refractivity contribution in [3.05, 3.63) is 77.5 Å². The van der Waals surface area contributed by atoms with Crippen LogP contribution in [0.25, 0.3) is 0 Å². The van der Waals surface area contributed by atoms with Crippen molar-refractivity contribution in [3.8, 4) is 11.5 Å². The fraction of sp³-hybridized carbons (Fsp3) is 0.250. The van der Waals surface area contributed by atoms with E-state index >= 15 is 0 Å². The highest BCUT2D eigenvalue weighted by atomic mass is 19.1. The van der Waals surface area contributed by atoms with Gasteiger partial charge in [-0.1, -0.05) is 6.07 Å². The van der Waals surface area contributed by atoms with Gasteiger partial charge in [-0.15, -0.1) is 0 Å². The Labute approximate surface area is 190 Å². The minimum atomic E-state index is -0.916. The van der Waals surface area contributed by atoms with Gasteiger partial charge in [0.25, 0.3) is 5.91 Å². The molecule has 4 rings (SSSR count). The molecule has 2 aromatic carbocycles. The average molecular weight is 454 g/mol. The number of phenolic OH excluding ortho intramolecular Hbond substituents is 1. The lowest BCUT2D eigenvalue weighted by molar-refractivity contribution is 0.102. The Kier molecular flexibility index (Phi) is 6.69. The Morgan fingerprint density at radius 2 is 1.88 bits per heavy atom. The van der Waals surface area contributed by atoms with E-state index in [0.29, 0.717) is 17.5 Å². The molecule has 0 saturated carbocycles. The van der Waals surface area contributed by atoms with Gasteiger partial charge in [-0.3, -0.25) is 9.69 Å². The quantitative estimate of drug-likeness (QED) is 0.592. The van der Waals surface area contributed by atoms with Gasteiger partial charge in [-0.25, -0.2) is 13.8 Å². The Bertz CT molecular complexity index is 1130. The zero-order valence-corrected chi connectivity index (χ0v) is 18.1. The molecule has 0 aliphatic carbocycles. The number of aromatic hydroxyl groups is 1. The molecule has 172 valence electrons. The van der Waals surface area contributed by atoms with E-state index in [2.05, 4.69) is 20.1 Å². The van der Waals surface area contributed by atoms with Crippen LogP contribution in [0.4, 0.5) is 20.3 Å². The molecule has 9 heteroatoms. The molecule has 2 N–H and O–H groups in total. The minimum Gasteiger partial charge on any atom is -0.504 e. The first-order valence-corrected chi connectivity index (χ1v) is 10.5. The normalized spacial score (nSPS) is 14.2. The van der Waals surface area contributed by atoms with Crippen LogP contribution in [0.2, 0.25) is 0 Å². The Morgan fingerprint density at radius 3 is 2.55 bits per heavy atom. The smallest absolute Gasteiger partial charge is 0.258 e. The number of piperazine rings is 1. The minimum absolute atomic E-state index is 0.125. The monoisotopic (exact) mass is 454 g/mol. The topological polar surface area (TPSA) is 77.9 Å². The van der Waals surface area contributed by atoms with Gasteiger partial charge in [-0.2, -0.15) is 0 Å². The van der Waals surface area contributed by atoms with Crippen LogP contribution >= 0.6 is 0 Å². The molecule has 1 saturated heterocycles. The molecule has 33 heavy (non-hydrogen) atoms. The first kappa shape index (κ1) is 22.5. The Balaban J connectivity index is 1.31. The van der Waals surface area contributed by atoms with Crippen LogP contribution in [-0.4, -0.2) is 54.2 Å². The van der Waals surface area contributed by atoms with Crippen molar-refractivity contribution in [1.29, 1.82) is 0 Å². The number of carbonyl (C=O) groups is 1. The zero-order valence-electron chi connectivity index (χ0n) is 18.1. The van der Waals surface area contributed by atoms with E-state index in [-0.39, 0.29) is 11.3 Å². The maximum atomic E-state index is 13.8. The van der Waals surface area contributed by atoms with E-state index in [9.17, 15) is 18.7 Å². The number of nitrogens with zero attached hydrogens (tertiary/aromatic N) is 3. The SMILES string of the molecule is COc1cc(CN2CCN(c3ccc(NC(=O)c4ccc(F)cc4F)cn3)CC2)ccc1O. The number of methoxy groups -OCH3 is 1. The average Bonchev–Trinajstić information content (AvgIpc) is 2.81. The van der Waals surface area contributed by atoms with Crippen molar-refractivity contribution in [1.82, 2.24) is 9.88 Å². The second-order valence-electron chi connectivity index (χ2n) is 7.75. The van der Waals surface area contributed by atoms with Crippen LogP contribution in [0.3, 0.4) is 0 Å². The molecule has 0 spiro atoms. The van der Waals surface area contributed by atoms with Crippen molar-refractivity contribution in [3.63, 3.8) is 0 Å². The van der Waals surface area contributed by atoms with Crippen molar-refractivity contribution < 1.29 is 23.4 Å². The number of benzene rings is 2. The van der Waals surface area contributed by atoms with Gasteiger partial charge >= 0.3 is 0 Å². The molecule has 7 nitrogen and oxygen atoms in total. The summed E-state index contributed by atoms with van der Waals surface area (Å²) in [5.41, 5.74) is 1.25. The van der Waals surface area contributed by atoms with Gasteiger partial charge in [0, 0.05) is 38.8 Å². The van der Waals surface area contributed by atoms with Gasteiger partial charge in [0.05, 0.1) is 24.6 Å². The number of phenols is 1. The lowest BCUT2D eigenvalue weighted by Gasteiger charge is -2.35. The molecule has 2 heterocycles. The van der Waals surface area contributed by atoms with Crippen molar-refractivity contribution in [2.24, 2.45) is 0 Å². The summed E-state index contributed by atoms with van der Waals surface area (Å²) >= 11 is 0. The van der Waals surface area contributed by atoms with E-state index in [1.54, 1.807) is 18.2 Å². The second kappa shape index (κ2) is 9.83. The highest BCUT2D eigenvalue weighted by Crippen LogP contribution is 2.27. The first-order valence-electron chi connectivity index (χ1n) is 10.5. The number of pyridine rings is 1. The molecule has 0 atom stereocenters. The molecule has 0 unspecified atom stereocenters. The summed E-state index contributed by atoms with van der Waals surface area (Å²) in [5, 5.41) is 12.3. The second-order valence-corrected chi connectivity index (χ2v) is 7.75. The summed E-state index contributed by atoms with van der Waals surface area (Å²) in [6.45, 7) is 4.01. The molecule has 1 amide bonds. The van der Waals surface area contributed by atoms with Crippen LogP contribution in [0, 0.1) is 11.6 Å². The fourth-order valence-electron chi connectivity index (χ4n) is 3.73. The summed E-state index contributed by atoms with van der Waals surface area (Å²) in [6, 6.07) is 11.7. The molecule has 1 aromatic heterocycles. The predicted octanol–water partition coefficient (Wildman–Crippen LogP) is 3.65. The summed E-state index contributed by atoms with van der Waals surface area (Å²) in [5.74, 6) is -0.948. The number of ether oxygens (including phenoxy) is 1. The molecule has 0 radical (unpaired) electrons. The third-order valence-electron chi connectivity index (χ3n) is 5.53. The Hall–Kier alpha value is -3.72. The number of rotatable bonds is 6. The third-order valence-corrected chi connectivity index (χ3v) is 5.53. The van der Waals surface area contributed by atoms with Gasteiger partial charge in [0.1, 0.15) is 17.5 Å². The van der Waals surface area contributed by atoms with Crippen LogP contribution in [-0.2, 0) is 6.54 Å². The number of nitrogens with one attached hydrogen (secondary N) is 1. The van der Waals surface area contributed by atoms with Crippen molar-refractivity contribution in [2.75, 3.05) is 43.5 Å². The zero-order chi connectivity index (χ0) is 23.4. The molecule has 0 bridgehead atoms. The summed E-state index contributed by atoms with van der Waals surface area (Å²) < 4.78 is 32.0. The standard InChI is InChI=1S/C24H24F2N4O3/c1-33-22-12-16(2-6-21(22)31)15-29-8-10-30(11-9-29)23-7-4-18(14-27-23)28-24(32)19-5-3-17(25)13-20(19)26/h2-7,12-14,31H,8-11,15H2,1H3,(H,28,32). The highest BCUT2D eigenvalue weighted by molar-refractivity contribution is 6.04. The molecule has 1 fully saturated rings. The van der Waals surface area contributed by atoms with Crippen LogP contribution in [0.1, 0.15) is 15.9 Å². The van der Waals surface area contributed by atoms with Crippen LogP contribution in [0.5, 0.6) is 11.5 Å². The van der Waals surface area contributed by atoms with E-state index in [1.807, 2.05) is 12.1 Å². The Morgan fingerprint density at radius 1 is 1.09 bits per heavy atom. The number of carbonyl (C=O) groups excluding carboxylic acids is 1. The van der Waals surface area contributed by atoms with Crippen molar-refractivity contribution in [2.45, 2.75) is 6.54 Å². The van der Waals surface area contributed by atoms with Crippen LogP contribution in [0.15, 0.2) is 54.7 Å². The maximum absolute atomic E-state index is 13.8. The summed E-state index contributed by atoms with van der Waals surface area (Å²) in [4.78, 5) is 21.1. The summed E-state index contributed by atoms with van der Waals surface area (Å²) in [6.07, 6.45) is 1.52. The van der Waals surface area contributed by atoms with Gasteiger partial charge in [0.15, 0.2) is 11.5 Å². The fourth-order valence-corrected chi connectivity index (χ4v) is 3.73. The first-order chi connectivity index (χ1) is 15.9. The predicted molar refractivity (Wildman–Crippen MR) is 121 cm³/mol. The largest absolute Gasteiger partial charge is 0.504 e. The third kappa shape index (κ3) is 5.38. The number of amides is 1. The van der Waals surface area contributed by atoms with Crippen molar-refractivity contribution >= 4 is 17.4 Å². The van der Waals surface area contributed by atoms with E-state index < -0.39 is 17.5 Å². The molecular weight excluding hydrogens is 430 g/mol. The number of anilines is 2. The lowest BCUT2D eigenvalue weighted by Crippen LogP contribution is -2.46. The summed E-state index contributed by atoms with van der Waals surface area (Å²) in [7, 11) is 1.53.